The minimum absolute atomic E-state index is 0.392. The highest BCUT2D eigenvalue weighted by Crippen LogP contribution is 2.24. The number of rotatable bonds is 6. The van der Waals surface area contributed by atoms with E-state index in [1.54, 1.807) is 0 Å². The molecule has 1 N–H and O–H groups in total. The molecule has 0 saturated heterocycles. The Morgan fingerprint density at radius 1 is 1.00 bits per heavy atom. The zero-order valence-corrected chi connectivity index (χ0v) is 14.5. The number of hydrogen-bond acceptors (Lipinski definition) is 2. The molecule has 0 aromatic heterocycles. The maximum atomic E-state index is 3.82. The Hall–Kier alpha value is -0.860. The molecule has 0 heterocycles. The monoisotopic (exact) mass is 276 g/mol. The summed E-state index contributed by atoms with van der Waals surface area (Å²) in [6, 6.07) is 5.48. The maximum absolute atomic E-state index is 3.82. The Morgan fingerprint density at radius 3 is 1.90 bits per heavy atom. The van der Waals surface area contributed by atoms with E-state index in [-0.39, 0.29) is 0 Å². The summed E-state index contributed by atoms with van der Waals surface area (Å²) in [6.07, 6.45) is 0. The third-order valence-corrected chi connectivity index (χ3v) is 4.00. The number of hydrogen-bond donors (Lipinski definition) is 1. The summed E-state index contributed by atoms with van der Waals surface area (Å²) in [4.78, 5) is 2.26. The molecule has 0 radical (unpaired) electrons. The van der Waals surface area contributed by atoms with Crippen molar-refractivity contribution in [2.75, 3.05) is 20.6 Å². The molecule has 0 bridgehead atoms. The fraction of sp³-hybridized carbons (Fsp3) is 0.667. The molecule has 0 aliphatic carbocycles. The lowest BCUT2D eigenvalue weighted by Gasteiger charge is -2.30. The summed E-state index contributed by atoms with van der Waals surface area (Å²) in [6.45, 7) is 14.6. The van der Waals surface area contributed by atoms with Gasteiger partial charge < -0.3 is 10.2 Å². The van der Waals surface area contributed by atoms with Crippen molar-refractivity contribution in [1.82, 2.24) is 10.2 Å². The van der Waals surface area contributed by atoms with Crippen LogP contribution in [0.4, 0.5) is 0 Å². The number of benzene rings is 1. The molecule has 2 heteroatoms. The second-order valence-corrected chi connectivity index (χ2v) is 6.81. The van der Waals surface area contributed by atoms with Crippen LogP contribution in [0.15, 0.2) is 12.1 Å². The summed E-state index contributed by atoms with van der Waals surface area (Å²) < 4.78 is 0. The molecule has 0 fully saturated rings. The first-order valence-electron chi connectivity index (χ1n) is 7.71. The lowest BCUT2D eigenvalue weighted by molar-refractivity contribution is 0.273. The Labute approximate surface area is 125 Å². The van der Waals surface area contributed by atoms with Gasteiger partial charge in [-0.1, -0.05) is 31.5 Å². The third-order valence-electron chi connectivity index (χ3n) is 4.00. The first-order chi connectivity index (χ1) is 9.22. The fourth-order valence-electron chi connectivity index (χ4n) is 3.13. The predicted molar refractivity (Wildman–Crippen MR) is 89.4 cm³/mol. The van der Waals surface area contributed by atoms with Gasteiger partial charge in [-0.05, 0) is 64.4 Å². The predicted octanol–water partition coefficient (Wildman–Crippen LogP) is 3.85. The zero-order valence-electron chi connectivity index (χ0n) is 14.5. The Bertz CT molecular complexity index is 412. The molecule has 0 aliphatic heterocycles. The summed E-state index contributed by atoms with van der Waals surface area (Å²) >= 11 is 0. The van der Waals surface area contributed by atoms with Gasteiger partial charge in [0.25, 0.3) is 0 Å². The first-order valence-corrected chi connectivity index (χ1v) is 7.71. The molecular formula is C18H32N2. The highest BCUT2D eigenvalue weighted by Gasteiger charge is 2.19. The number of nitrogens with one attached hydrogen (secondary N) is 1. The number of nitrogens with zero attached hydrogens (tertiary/aromatic N) is 1. The van der Waals surface area contributed by atoms with Gasteiger partial charge >= 0.3 is 0 Å². The van der Waals surface area contributed by atoms with Gasteiger partial charge in [-0.15, -0.1) is 0 Å². The standard InChI is InChI=1S/C18H32N2/c1-12(2)17(11-20(7)8)19-16(6)18-14(4)9-13(3)10-15(18)5/h9-10,12,16-17,19H,11H2,1-8H3. The van der Waals surface area contributed by atoms with Gasteiger partial charge in [0, 0.05) is 18.6 Å². The lowest BCUT2D eigenvalue weighted by atomic mass is 9.93. The van der Waals surface area contributed by atoms with Crippen LogP contribution in [0.5, 0.6) is 0 Å². The maximum Gasteiger partial charge on any atom is 0.0300 e. The molecule has 20 heavy (non-hydrogen) atoms. The lowest BCUT2D eigenvalue weighted by Crippen LogP contribution is -2.43. The van der Waals surface area contributed by atoms with Crippen molar-refractivity contribution >= 4 is 0 Å². The van der Waals surface area contributed by atoms with Crippen molar-refractivity contribution in [3.05, 3.63) is 34.4 Å². The van der Waals surface area contributed by atoms with E-state index in [4.69, 9.17) is 0 Å². The topological polar surface area (TPSA) is 15.3 Å². The average Bonchev–Trinajstić information content (AvgIpc) is 2.25. The molecule has 1 aromatic rings. The van der Waals surface area contributed by atoms with Crippen LogP contribution in [0.3, 0.4) is 0 Å². The van der Waals surface area contributed by atoms with Crippen LogP contribution in [-0.2, 0) is 0 Å². The first kappa shape index (κ1) is 17.2. The van der Waals surface area contributed by atoms with Gasteiger partial charge in [-0.2, -0.15) is 0 Å². The zero-order chi connectivity index (χ0) is 15.4. The molecule has 2 atom stereocenters. The van der Waals surface area contributed by atoms with E-state index in [1.165, 1.54) is 22.3 Å². The van der Waals surface area contributed by atoms with Crippen LogP contribution in [0, 0.1) is 26.7 Å². The van der Waals surface area contributed by atoms with Crippen LogP contribution >= 0.6 is 0 Å². The van der Waals surface area contributed by atoms with Gasteiger partial charge in [0.05, 0.1) is 0 Å². The molecule has 0 saturated carbocycles. The van der Waals surface area contributed by atoms with E-state index in [0.29, 0.717) is 18.0 Å². The SMILES string of the molecule is Cc1cc(C)c(C(C)NC(CN(C)C)C(C)C)c(C)c1. The van der Waals surface area contributed by atoms with Crippen LogP contribution in [-0.4, -0.2) is 31.6 Å². The van der Waals surface area contributed by atoms with Crippen LogP contribution in [0.2, 0.25) is 0 Å². The largest absolute Gasteiger partial charge is 0.308 e. The smallest absolute Gasteiger partial charge is 0.0300 e. The van der Waals surface area contributed by atoms with Gasteiger partial charge in [-0.25, -0.2) is 0 Å². The van der Waals surface area contributed by atoms with Gasteiger partial charge in [-0.3, -0.25) is 0 Å². The quantitative estimate of drug-likeness (QED) is 0.849. The van der Waals surface area contributed by atoms with E-state index in [2.05, 4.69) is 78.0 Å². The molecule has 0 aliphatic rings. The summed E-state index contributed by atoms with van der Waals surface area (Å²) in [7, 11) is 4.29. The molecule has 1 aromatic carbocycles. The van der Waals surface area contributed by atoms with Crippen molar-refractivity contribution < 1.29 is 0 Å². The van der Waals surface area contributed by atoms with E-state index in [9.17, 15) is 0 Å². The molecule has 0 spiro atoms. The van der Waals surface area contributed by atoms with Crippen molar-refractivity contribution in [3.8, 4) is 0 Å². The van der Waals surface area contributed by atoms with E-state index in [1.807, 2.05) is 0 Å². The Kier molecular flexibility index (Phi) is 6.22. The van der Waals surface area contributed by atoms with E-state index < -0.39 is 0 Å². The van der Waals surface area contributed by atoms with Gasteiger partial charge in [0.2, 0.25) is 0 Å². The highest BCUT2D eigenvalue weighted by molar-refractivity contribution is 5.39. The summed E-state index contributed by atoms with van der Waals surface area (Å²) in [5.41, 5.74) is 5.61. The van der Waals surface area contributed by atoms with Crippen molar-refractivity contribution in [3.63, 3.8) is 0 Å². The minimum Gasteiger partial charge on any atom is -0.308 e. The average molecular weight is 276 g/mol. The van der Waals surface area contributed by atoms with Crippen molar-refractivity contribution in [1.29, 1.82) is 0 Å². The normalized spacial score (nSPS) is 14.9. The Balaban J connectivity index is 2.92. The van der Waals surface area contributed by atoms with Crippen LogP contribution in [0.25, 0.3) is 0 Å². The second kappa shape index (κ2) is 7.24. The molecule has 2 nitrogen and oxygen atoms in total. The number of likely N-dealkylation sites (N-methyl/N-ethyl adjacent to an activating group) is 1. The van der Waals surface area contributed by atoms with Crippen molar-refractivity contribution in [2.45, 2.75) is 53.6 Å². The van der Waals surface area contributed by atoms with Crippen LogP contribution < -0.4 is 5.32 Å². The Morgan fingerprint density at radius 2 is 1.50 bits per heavy atom. The number of aryl methyl sites for hydroxylation is 3. The summed E-state index contributed by atoms with van der Waals surface area (Å²) in [5, 5.41) is 3.82. The van der Waals surface area contributed by atoms with Crippen molar-refractivity contribution in [2.24, 2.45) is 5.92 Å². The van der Waals surface area contributed by atoms with Gasteiger partial charge in [0.1, 0.15) is 0 Å². The minimum atomic E-state index is 0.392. The second-order valence-electron chi connectivity index (χ2n) is 6.81. The van der Waals surface area contributed by atoms with Crippen LogP contribution in [0.1, 0.15) is 49.1 Å². The van der Waals surface area contributed by atoms with E-state index in [0.717, 1.165) is 6.54 Å². The highest BCUT2D eigenvalue weighted by atomic mass is 15.1. The fourth-order valence-corrected chi connectivity index (χ4v) is 3.13. The molecule has 0 amide bonds. The van der Waals surface area contributed by atoms with Gasteiger partial charge in [0.15, 0.2) is 0 Å². The summed E-state index contributed by atoms with van der Waals surface area (Å²) in [5.74, 6) is 0.630. The molecular weight excluding hydrogens is 244 g/mol. The molecule has 114 valence electrons. The third kappa shape index (κ3) is 4.60. The molecule has 1 rings (SSSR count). The van der Waals surface area contributed by atoms with E-state index >= 15 is 0 Å². The molecule has 2 unspecified atom stereocenters.